The molecule has 0 aromatic heterocycles. The number of rotatable bonds is 5. The zero-order chi connectivity index (χ0) is 22.6. The van der Waals surface area contributed by atoms with Crippen LogP contribution in [0.3, 0.4) is 0 Å². The summed E-state index contributed by atoms with van der Waals surface area (Å²) in [5.41, 5.74) is 8.30. The van der Waals surface area contributed by atoms with Gasteiger partial charge in [0.05, 0.1) is 0 Å². The van der Waals surface area contributed by atoms with E-state index in [0.29, 0.717) is 5.92 Å². The maximum absolute atomic E-state index is 6.69. The maximum atomic E-state index is 6.69. The molecule has 3 rings (SSSR count). The fraction of sp³-hybridized carbons (Fsp3) is 0.440. The summed E-state index contributed by atoms with van der Waals surface area (Å²) in [6, 6.07) is 12.1. The number of allylic oxidation sites excluding steroid dienone is 1. The molecule has 0 heterocycles. The van der Waals surface area contributed by atoms with E-state index in [1.165, 1.54) is 33.4 Å². The second kappa shape index (κ2) is 8.79. The van der Waals surface area contributed by atoms with E-state index < -0.39 is 35.5 Å². The first kappa shape index (κ1) is 24.7. The van der Waals surface area contributed by atoms with Crippen LogP contribution in [-0.2, 0) is 19.4 Å². The van der Waals surface area contributed by atoms with Crippen molar-refractivity contribution in [2.24, 2.45) is 5.92 Å². The molecule has 0 aliphatic heterocycles. The Morgan fingerprint density at radius 3 is 1.83 bits per heavy atom. The topological polar surface area (TPSA) is 0 Å². The van der Waals surface area contributed by atoms with E-state index in [1.807, 2.05) is 0 Å². The Bertz CT molecular complexity index is 963. The van der Waals surface area contributed by atoms with Gasteiger partial charge in [0.1, 0.15) is 0 Å². The molecular weight excluding hydrogens is 519 g/mol. The number of hydrogen-bond acceptors (Lipinski definition) is 0. The van der Waals surface area contributed by atoms with E-state index in [0.717, 1.165) is 0 Å². The van der Waals surface area contributed by atoms with Crippen LogP contribution < -0.4 is 10.4 Å². The Hall–Kier alpha value is 0.0769. The van der Waals surface area contributed by atoms with Crippen molar-refractivity contribution >= 4 is 49.6 Å². The van der Waals surface area contributed by atoms with Gasteiger partial charge in [-0.2, -0.15) is 0 Å². The van der Waals surface area contributed by atoms with Crippen molar-refractivity contribution in [3.05, 3.63) is 52.6 Å². The molecule has 30 heavy (non-hydrogen) atoms. The molecule has 0 N–H and O–H groups in total. The molecule has 161 valence electrons. The van der Waals surface area contributed by atoms with E-state index in [9.17, 15) is 0 Å². The van der Waals surface area contributed by atoms with Crippen LogP contribution in [-0.4, -0.2) is 16.1 Å². The number of aryl methyl sites for hydroxylation is 1. The number of halogens is 2. The van der Waals surface area contributed by atoms with Gasteiger partial charge in [0.25, 0.3) is 0 Å². The molecule has 1 unspecified atom stereocenters. The Morgan fingerprint density at radius 2 is 1.40 bits per heavy atom. The first-order chi connectivity index (χ1) is 13.7. The number of fused-ring (bicyclic) bond motifs is 1. The van der Waals surface area contributed by atoms with Crippen molar-refractivity contribution in [1.29, 1.82) is 0 Å². The van der Waals surface area contributed by atoms with Crippen LogP contribution in [0.25, 0.3) is 17.2 Å². The Labute approximate surface area is 200 Å². The molecule has 2 aromatic rings. The summed E-state index contributed by atoms with van der Waals surface area (Å²) in [5, 5.41) is 3.12. The van der Waals surface area contributed by atoms with Gasteiger partial charge in [-0.05, 0) is 0 Å². The summed E-state index contributed by atoms with van der Waals surface area (Å²) in [7, 11) is 10.5. The molecule has 0 fully saturated rings. The summed E-state index contributed by atoms with van der Waals surface area (Å²) in [6.45, 7) is 21.5. The molecule has 0 saturated carbocycles. The van der Waals surface area contributed by atoms with Crippen molar-refractivity contribution < 1.29 is 19.4 Å². The summed E-state index contributed by atoms with van der Waals surface area (Å²) >= 11 is -2.50. The van der Waals surface area contributed by atoms with Crippen LogP contribution >= 0.6 is 17.0 Å². The fourth-order valence-electron chi connectivity index (χ4n) is 4.35. The van der Waals surface area contributed by atoms with Crippen molar-refractivity contribution in [2.45, 2.75) is 63.7 Å². The molecule has 2 aromatic carbocycles. The van der Waals surface area contributed by atoms with Crippen molar-refractivity contribution in [3.8, 4) is 11.1 Å². The van der Waals surface area contributed by atoms with E-state index in [-0.39, 0.29) is 3.63 Å². The predicted molar refractivity (Wildman–Crippen MR) is 140 cm³/mol. The molecule has 0 radical (unpaired) electrons. The molecule has 0 amide bonds. The molecule has 5 heteroatoms. The second-order valence-corrected chi connectivity index (χ2v) is 30.0. The van der Waals surface area contributed by atoms with Gasteiger partial charge in [-0.15, -0.1) is 0 Å². The van der Waals surface area contributed by atoms with Crippen LogP contribution in [0.1, 0.15) is 34.2 Å². The number of benzene rings is 2. The average molecular weight is 554 g/mol. The van der Waals surface area contributed by atoms with Crippen molar-refractivity contribution in [2.75, 3.05) is 0 Å². The van der Waals surface area contributed by atoms with Gasteiger partial charge in [0, 0.05) is 0 Å². The van der Waals surface area contributed by atoms with Gasteiger partial charge in [-0.1, -0.05) is 0 Å². The monoisotopic (exact) mass is 551 g/mol. The van der Waals surface area contributed by atoms with Crippen LogP contribution in [0.2, 0.25) is 39.3 Å². The Balaban J connectivity index is 2.34. The van der Waals surface area contributed by atoms with E-state index in [2.05, 4.69) is 96.5 Å². The summed E-state index contributed by atoms with van der Waals surface area (Å²) in [4.78, 5) is 0. The fourth-order valence-corrected chi connectivity index (χ4v) is 12.6. The third-order valence-corrected chi connectivity index (χ3v) is 15.6. The molecule has 1 aliphatic rings. The minimum absolute atomic E-state index is 0.279. The summed E-state index contributed by atoms with van der Waals surface area (Å²) in [6.07, 6.45) is 2.42. The van der Waals surface area contributed by atoms with Gasteiger partial charge in [-0.3, -0.25) is 0 Å². The SMILES string of the molecule is Cc1ccc2c(c1-c1cc([Si](C)(C)C)cc([Si](C)(C)C)c1)C=C(C(C)C)[CH]2[Zr]([Cl])[Cl]. The van der Waals surface area contributed by atoms with Gasteiger partial charge >= 0.3 is 202 Å². The Morgan fingerprint density at radius 1 is 0.867 bits per heavy atom. The van der Waals surface area contributed by atoms with E-state index >= 15 is 0 Å². The molecular formula is C25H35Cl2Si2Zr. The first-order valence-corrected chi connectivity index (χ1v) is 25.7. The summed E-state index contributed by atoms with van der Waals surface area (Å²) < 4.78 is 0.279. The molecule has 0 bridgehead atoms. The molecule has 0 nitrogen and oxygen atoms in total. The van der Waals surface area contributed by atoms with E-state index in [1.54, 1.807) is 10.4 Å². The van der Waals surface area contributed by atoms with Gasteiger partial charge in [0.15, 0.2) is 0 Å². The van der Waals surface area contributed by atoms with Gasteiger partial charge < -0.3 is 0 Å². The van der Waals surface area contributed by atoms with Crippen LogP contribution in [0.4, 0.5) is 0 Å². The van der Waals surface area contributed by atoms with Crippen molar-refractivity contribution in [1.82, 2.24) is 0 Å². The standard InChI is InChI=1S/C25H35Si2.2ClH.Zr/c1-17(2)20-12-19-11-10-18(3)25(24(19)15-20)21-13-22(26(4,5)6)16-23(14-21)27(7,8)9;;;/h10-17H,1-9H3;2*1H;/q;;;+2/p-2. The third-order valence-electron chi connectivity index (χ3n) is 6.28. The molecule has 0 spiro atoms. The predicted octanol–water partition coefficient (Wildman–Crippen LogP) is 7.77. The number of hydrogen-bond donors (Lipinski definition) is 0. The zero-order valence-corrected chi connectivity index (χ0v) is 25.8. The normalized spacial score (nSPS) is 16.7. The summed E-state index contributed by atoms with van der Waals surface area (Å²) in [5.74, 6) is 0.467. The molecule has 1 atom stereocenters. The Kier molecular flexibility index (Phi) is 7.24. The second-order valence-electron chi connectivity index (χ2n) is 11.1. The van der Waals surface area contributed by atoms with Crippen LogP contribution in [0.5, 0.6) is 0 Å². The van der Waals surface area contributed by atoms with E-state index in [4.69, 9.17) is 17.0 Å². The molecule has 0 saturated heterocycles. The average Bonchev–Trinajstić information content (AvgIpc) is 2.99. The quantitative estimate of drug-likeness (QED) is 0.332. The zero-order valence-electron chi connectivity index (χ0n) is 19.9. The molecule has 1 aliphatic carbocycles. The first-order valence-electron chi connectivity index (χ1n) is 10.9. The third kappa shape index (κ3) is 4.86. The van der Waals surface area contributed by atoms with Crippen LogP contribution in [0.15, 0.2) is 35.9 Å². The van der Waals surface area contributed by atoms with Crippen LogP contribution in [0, 0.1) is 12.8 Å². The van der Waals surface area contributed by atoms with Gasteiger partial charge in [0.2, 0.25) is 0 Å². The van der Waals surface area contributed by atoms with Crippen molar-refractivity contribution in [3.63, 3.8) is 0 Å². The van der Waals surface area contributed by atoms with Gasteiger partial charge in [-0.25, -0.2) is 0 Å². The minimum atomic E-state index is -2.50.